The number of piperidine rings is 1. The van der Waals surface area contributed by atoms with Crippen molar-refractivity contribution in [1.82, 2.24) is 20.4 Å². The molecule has 3 fully saturated rings. The molecular weight excluding hydrogens is 497 g/mol. The minimum absolute atomic E-state index is 0.0503. The fourth-order valence-corrected chi connectivity index (χ4v) is 6.06. The van der Waals surface area contributed by atoms with Crippen LogP contribution in [0.25, 0.3) is 0 Å². The number of nitrogens with zero attached hydrogens (tertiary/aromatic N) is 2. The molecule has 3 unspecified atom stereocenters. The standard InChI is InChI=1S/C25H32ClF3N4O3/c1-15(34)32-8-6-17(7-9-32)18-3-5-22-19(11-18)24(36)33(14-31-22)13-23(35)30-12-16-2-4-21(26)20(10-16)25(27,28)29/h2,4,10,17-19,22,31H,3,5-9,11-14H2,1H3,(H,30,35). The molecule has 2 N–H and O–H groups in total. The van der Waals surface area contributed by atoms with Crippen LogP contribution in [-0.2, 0) is 27.1 Å². The average molecular weight is 529 g/mol. The minimum atomic E-state index is -4.58. The number of nitrogens with one attached hydrogen (secondary N) is 2. The molecule has 2 saturated heterocycles. The number of amides is 3. The van der Waals surface area contributed by atoms with E-state index in [4.69, 9.17) is 11.6 Å². The van der Waals surface area contributed by atoms with E-state index >= 15 is 0 Å². The van der Waals surface area contributed by atoms with Crippen molar-refractivity contribution in [2.75, 3.05) is 26.3 Å². The van der Waals surface area contributed by atoms with E-state index < -0.39 is 22.7 Å². The quantitative estimate of drug-likeness (QED) is 0.614. The van der Waals surface area contributed by atoms with E-state index in [0.29, 0.717) is 11.8 Å². The molecule has 0 aromatic heterocycles. The monoisotopic (exact) mass is 528 g/mol. The number of carbonyl (C=O) groups is 3. The Morgan fingerprint density at radius 3 is 2.53 bits per heavy atom. The lowest BCUT2D eigenvalue weighted by atomic mass is 9.69. The number of hydrogen-bond acceptors (Lipinski definition) is 4. The van der Waals surface area contributed by atoms with Gasteiger partial charge in [-0.1, -0.05) is 17.7 Å². The second kappa shape index (κ2) is 11.0. The van der Waals surface area contributed by atoms with Gasteiger partial charge in [-0.25, -0.2) is 0 Å². The van der Waals surface area contributed by atoms with Crippen LogP contribution in [0, 0.1) is 17.8 Å². The summed E-state index contributed by atoms with van der Waals surface area (Å²) in [7, 11) is 0. The molecular formula is C25H32ClF3N4O3. The number of hydrogen-bond donors (Lipinski definition) is 2. The Kier molecular flexibility index (Phi) is 8.14. The molecule has 1 saturated carbocycles. The molecule has 0 spiro atoms. The molecule has 4 rings (SSSR count). The summed E-state index contributed by atoms with van der Waals surface area (Å²) in [5.41, 5.74) is -0.676. The summed E-state index contributed by atoms with van der Waals surface area (Å²) in [5.74, 6) is 0.347. The zero-order valence-electron chi connectivity index (χ0n) is 20.2. The van der Waals surface area contributed by atoms with Crippen LogP contribution in [0.15, 0.2) is 18.2 Å². The highest BCUT2D eigenvalue weighted by Gasteiger charge is 2.43. The highest BCUT2D eigenvalue weighted by molar-refractivity contribution is 6.31. The number of likely N-dealkylation sites (tertiary alicyclic amines) is 1. The Morgan fingerprint density at radius 1 is 1.14 bits per heavy atom. The highest BCUT2D eigenvalue weighted by atomic mass is 35.5. The lowest BCUT2D eigenvalue weighted by Crippen LogP contribution is -2.60. The fourth-order valence-electron chi connectivity index (χ4n) is 5.84. The van der Waals surface area contributed by atoms with E-state index in [1.54, 1.807) is 6.92 Å². The summed E-state index contributed by atoms with van der Waals surface area (Å²) in [4.78, 5) is 40.7. The van der Waals surface area contributed by atoms with E-state index in [1.807, 2.05) is 4.90 Å². The Hall–Kier alpha value is -2.33. The van der Waals surface area contributed by atoms with Gasteiger partial charge < -0.3 is 15.1 Å². The molecule has 3 amide bonds. The molecule has 1 aromatic carbocycles. The molecule has 0 radical (unpaired) electrons. The molecule has 3 aliphatic rings. The van der Waals surface area contributed by atoms with Gasteiger partial charge >= 0.3 is 6.18 Å². The number of carbonyl (C=O) groups excluding carboxylic acids is 3. The Bertz CT molecular complexity index is 997. The van der Waals surface area contributed by atoms with E-state index in [2.05, 4.69) is 10.6 Å². The second-order valence-corrected chi connectivity index (χ2v) is 10.5. The van der Waals surface area contributed by atoms with Crippen molar-refractivity contribution in [2.24, 2.45) is 17.8 Å². The lowest BCUT2D eigenvalue weighted by Gasteiger charge is -2.46. The predicted octanol–water partition coefficient (Wildman–Crippen LogP) is 3.41. The third kappa shape index (κ3) is 6.14. The molecule has 2 heterocycles. The maximum Gasteiger partial charge on any atom is 0.417 e. The van der Waals surface area contributed by atoms with Gasteiger partial charge in [0.15, 0.2) is 0 Å². The molecule has 2 aliphatic heterocycles. The van der Waals surface area contributed by atoms with E-state index in [0.717, 1.165) is 57.3 Å². The SMILES string of the molecule is CC(=O)N1CCC(C2CCC3NCN(CC(=O)NCc4ccc(Cl)c(C(F)(F)F)c4)C(=O)C3C2)CC1. The zero-order chi connectivity index (χ0) is 26.0. The molecule has 7 nitrogen and oxygen atoms in total. The molecule has 0 bridgehead atoms. The summed E-state index contributed by atoms with van der Waals surface area (Å²) in [5, 5.41) is 5.60. The lowest BCUT2D eigenvalue weighted by molar-refractivity contribution is -0.146. The summed E-state index contributed by atoms with van der Waals surface area (Å²) in [6.45, 7) is 3.15. The van der Waals surface area contributed by atoms with Gasteiger partial charge in [0, 0.05) is 32.6 Å². The fraction of sp³-hybridized carbons (Fsp3) is 0.640. The molecule has 1 aliphatic carbocycles. The number of benzene rings is 1. The summed E-state index contributed by atoms with van der Waals surface area (Å²) in [6, 6.07) is 3.61. The topological polar surface area (TPSA) is 81.8 Å². The highest BCUT2D eigenvalue weighted by Crippen LogP contribution is 2.40. The maximum absolute atomic E-state index is 13.2. The largest absolute Gasteiger partial charge is 0.417 e. The first-order valence-electron chi connectivity index (χ1n) is 12.4. The van der Waals surface area contributed by atoms with Gasteiger partial charge in [0.05, 0.1) is 23.2 Å². The van der Waals surface area contributed by atoms with Crippen molar-refractivity contribution in [1.29, 1.82) is 0 Å². The smallest absolute Gasteiger partial charge is 0.350 e. The number of alkyl halides is 3. The van der Waals surface area contributed by atoms with Gasteiger partial charge in [0.2, 0.25) is 17.7 Å². The molecule has 1 aromatic rings. The van der Waals surface area contributed by atoms with Crippen LogP contribution in [0.2, 0.25) is 5.02 Å². The predicted molar refractivity (Wildman–Crippen MR) is 128 cm³/mol. The van der Waals surface area contributed by atoms with Crippen molar-refractivity contribution in [3.63, 3.8) is 0 Å². The van der Waals surface area contributed by atoms with E-state index in [1.165, 1.54) is 11.0 Å². The summed E-state index contributed by atoms with van der Waals surface area (Å²) in [6.07, 6.45) is 0.0538. The Morgan fingerprint density at radius 2 is 1.86 bits per heavy atom. The Labute approximate surface area is 213 Å². The van der Waals surface area contributed by atoms with E-state index in [-0.39, 0.29) is 49.1 Å². The van der Waals surface area contributed by atoms with Crippen LogP contribution < -0.4 is 10.6 Å². The number of rotatable bonds is 5. The number of fused-ring (bicyclic) bond motifs is 1. The first kappa shape index (κ1) is 26.7. The van der Waals surface area contributed by atoms with Crippen LogP contribution in [0.1, 0.15) is 50.2 Å². The second-order valence-electron chi connectivity index (χ2n) is 10.1. The number of halogens is 4. The van der Waals surface area contributed by atoms with Crippen LogP contribution >= 0.6 is 11.6 Å². The maximum atomic E-state index is 13.2. The van der Waals surface area contributed by atoms with Gasteiger partial charge in [0.25, 0.3) is 0 Å². The molecule has 3 atom stereocenters. The average Bonchev–Trinajstić information content (AvgIpc) is 2.84. The molecule has 36 heavy (non-hydrogen) atoms. The van der Waals surface area contributed by atoms with Gasteiger partial charge in [-0.2, -0.15) is 13.2 Å². The Balaban J connectivity index is 1.29. The van der Waals surface area contributed by atoms with Crippen LogP contribution in [0.4, 0.5) is 13.2 Å². The summed E-state index contributed by atoms with van der Waals surface area (Å²) >= 11 is 5.65. The third-order valence-corrected chi connectivity index (χ3v) is 8.21. The van der Waals surface area contributed by atoms with E-state index in [9.17, 15) is 27.6 Å². The summed E-state index contributed by atoms with van der Waals surface area (Å²) < 4.78 is 39.2. The van der Waals surface area contributed by atoms with Crippen molar-refractivity contribution in [2.45, 2.75) is 57.8 Å². The van der Waals surface area contributed by atoms with Crippen LogP contribution in [0.3, 0.4) is 0 Å². The van der Waals surface area contributed by atoms with Crippen LogP contribution in [0.5, 0.6) is 0 Å². The van der Waals surface area contributed by atoms with Crippen molar-refractivity contribution < 1.29 is 27.6 Å². The van der Waals surface area contributed by atoms with Crippen LogP contribution in [-0.4, -0.2) is 59.9 Å². The molecule has 11 heteroatoms. The first-order chi connectivity index (χ1) is 17.0. The van der Waals surface area contributed by atoms with Crippen molar-refractivity contribution in [3.05, 3.63) is 34.3 Å². The van der Waals surface area contributed by atoms with Gasteiger partial charge in [-0.15, -0.1) is 0 Å². The first-order valence-corrected chi connectivity index (χ1v) is 12.8. The van der Waals surface area contributed by atoms with Gasteiger partial charge in [0.1, 0.15) is 6.54 Å². The van der Waals surface area contributed by atoms with Crippen molar-refractivity contribution >= 4 is 29.3 Å². The normalized spacial score (nSPS) is 25.5. The molecule has 198 valence electrons. The zero-order valence-corrected chi connectivity index (χ0v) is 21.0. The van der Waals surface area contributed by atoms with Crippen molar-refractivity contribution in [3.8, 4) is 0 Å². The van der Waals surface area contributed by atoms with Gasteiger partial charge in [-0.3, -0.25) is 19.7 Å². The minimum Gasteiger partial charge on any atom is -0.350 e. The van der Waals surface area contributed by atoms with Gasteiger partial charge in [-0.05, 0) is 61.6 Å². The third-order valence-electron chi connectivity index (χ3n) is 7.88.